The summed E-state index contributed by atoms with van der Waals surface area (Å²) in [5, 5.41) is 0. The molecule has 0 bridgehead atoms. The van der Waals surface area contributed by atoms with Crippen LogP contribution in [0.25, 0.3) is 0 Å². The summed E-state index contributed by atoms with van der Waals surface area (Å²) >= 11 is 0. The van der Waals surface area contributed by atoms with E-state index in [0.29, 0.717) is 0 Å². The van der Waals surface area contributed by atoms with Gasteiger partial charge in [-0.05, 0) is 0 Å². The zero-order valence-corrected chi connectivity index (χ0v) is 5.99. The van der Waals surface area contributed by atoms with Crippen LogP contribution in [0.15, 0.2) is 0 Å². The molecular weight excluding hydrogens is 191 g/mol. The summed E-state index contributed by atoms with van der Waals surface area (Å²) in [6, 6.07) is 0. The highest BCUT2D eigenvalue weighted by molar-refractivity contribution is 7.87. The molecule has 0 aromatic carbocycles. The van der Waals surface area contributed by atoms with Crippen LogP contribution in [0, 0.1) is 0 Å². The van der Waals surface area contributed by atoms with Gasteiger partial charge in [0.15, 0.2) is 0 Å². The molecule has 0 saturated carbocycles. The van der Waals surface area contributed by atoms with E-state index >= 15 is 0 Å². The van der Waals surface area contributed by atoms with Crippen molar-refractivity contribution in [1.82, 2.24) is 5.64 Å². The van der Waals surface area contributed by atoms with Gasteiger partial charge in [0.1, 0.15) is 0 Å². The molecule has 9 heteroatoms. The molecule has 11 heavy (non-hydrogen) atoms. The summed E-state index contributed by atoms with van der Waals surface area (Å²) in [5.41, 5.74) is -4.36. The minimum atomic E-state index is -5.60. The number of nitrogens with one attached hydrogen (secondary N) is 1. The van der Waals surface area contributed by atoms with Crippen LogP contribution in [0.3, 0.4) is 0 Å². The molecular formula is C2H4F3NO4S. The van der Waals surface area contributed by atoms with E-state index < -0.39 is 15.6 Å². The van der Waals surface area contributed by atoms with Gasteiger partial charge >= 0.3 is 15.6 Å². The SMILES string of the molecule is CONOS(=O)(=O)C(F)(F)F. The Labute approximate surface area is 60.1 Å². The molecule has 0 aromatic heterocycles. The number of alkyl halides is 3. The van der Waals surface area contributed by atoms with Crippen molar-refractivity contribution in [2.24, 2.45) is 0 Å². The van der Waals surface area contributed by atoms with Crippen molar-refractivity contribution < 1.29 is 30.7 Å². The van der Waals surface area contributed by atoms with Gasteiger partial charge in [0.25, 0.3) is 0 Å². The van der Waals surface area contributed by atoms with Crippen molar-refractivity contribution in [2.75, 3.05) is 7.11 Å². The Bertz CT molecular complexity index is 208. The van der Waals surface area contributed by atoms with E-state index in [4.69, 9.17) is 0 Å². The largest absolute Gasteiger partial charge is 0.524 e. The predicted octanol–water partition coefficient (Wildman–Crippen LogP) is -0.0814. The minimum absolute atomic E-state index is 0.895. The van der Waals surface area contributed by atoms with Crippen molar-refractivity contribution in [3.8, 4) is 0 Å². The first kappa shape index (κ1) is 10.6. The van der Waals surface area contributed by atoms with Gasteiger partial charge in [-0.3, -0.25) is 4.84 Å². The predicted molar refractivity (Wildman–Crippen MR) is 26.2 cm³/mol. The third kappa shape index (κ3) is 3.01. The first-order valence-electron chi connectivity index (χ1n) is 2.09. The van der Waals surface area contributed by atoms with Crippen molar-refractivity contribution in [3.05, 3.63) is 0 Å². The first-order chi connectivity index (χ1) is 4.81. The van der Waals surface area contributed by atoms with Gasteiger partial charge in [-0.2, -0.15) is 21.6 Å². The molecule has 0 spiro atoms. The lowest BCUT2D eigenvalue weighted by Gasteiger charge is -2.06. The number of hydrogen-bond donors (Lipinski definition) is 1. The molecule has 0 atom stereocenters. The summed E-state index contributed by atoms with van der Waals surface area (Å²) in [6.45, 7) is 0. The fourth-order valence-corrected chi connectivity index (χ4v) is 0.378. The van der Waals surface area contributed by atoms with E-state index in [2.05, 4.69) is 9.12 Å². The summed E-state index contributed by atoms with van der Waals surface area (Å²) < 4.78 is 57.0. The minimum Gasteiger partial charge on any atom is -0.279 e. The van der Waals surface area contributed by atoms with Crippen LogP contribution in [0.5, 0.6) is 0 Å². The number of hydrogen-bond acceptors (Lipinski definition) is 5. The lowest BCUT2D eigenvalue weighted by molar-refractivity contribution is -0.106. The molecule has 5 nitrogen and oxygen atoms in total. The molecule has 0 unspecified atom stereocenters. The average Bonchev–Trinajstić information content (AvgIpc) is 1.81. The number of halogens is 3. The van der Waals surface area contributed by atoms with Gasteiger partial charge < -0.3 is 0 Å². The van der Waals surface area contributed by atoms with Crippen molar-refractivity contribution >= 4 is 10.1 Å². The van der Waals surface area contributed by atoms with E-state index in [9.17, 15) is 21.6 Å². The van der Waals surface area contributed by atoms with Gasteiger partial charge in [0.2, 0.25) is 0 Å². The second-order valence-corrected chi connectivity index (χ2v) is 2.81. The van der Waals surface area contributed by atoms with E-state index in [1.54, 1.807) is 0 Å². The Kier molecular flexibility index (Phi) is 3.23. The van der Waals surface area contributed by atoms with Crippen LogP contribution < -0.4 is 5.64 Å². The average molecular weight is 195 g/mol. The van der Waals surface area contributed by atoms with E-state index in [1.807, 2.05) is 0 Å². The van der Waals surface area contributed by atoms with E-state index in [-0.39, 0.29) is 0 Å². The molecule has 68 valence electrons. The zero-order chi connectivity index (χ0) is 9.12. The summed E-state index contributed by atoms with van der Waals surface area (Å²) in [5.74, 6) is 0. The lowest BCUT2D eigenvalue weighted by Crippen LogP contribution is -2.30. The quantitative estimate of drug-likeness (QED) is 0.504. The molecule has 0 saturated heterocycles. The van der Waals surface area contributed by atoms with E-state index in [1.165, 1.54) is 0 Å². The van der Waals surface area contributed by atoms with Crippen LogP contribution in [0.4, 0.5) is 13.2 Å². The van der Waals surface area contributed by atoms with Gasteiger partial charge in [0, 0.05) is 0 Å². The second kappa shape index (κ2) is 3.34. The van der Waals surface area contributed by atoms with Gasteiger partial charge in [-0.1, -0.05) is 5.64 Å². The van der Waals surface area contributed by atoms with Crippen LogP contribution >= 0.6 is 0 Å². The Morgan fingerprint density at radius 2 is 1.82 bits per heavy atom. The Morgan fingerprint density at radius 3 is 2.09 bits per heavy atom. The molecule has 0 rings (SSSR count). The summed E-state index contributed by atoms with van der Waals surface area (Å²) in [4.78, 5) is 3.72. The van der Waals surface area contributed by atoms with Gasteiger partial charge in [-0.15, -0.1) is 4.28 Å². The normalized spacial score (nSPS) is 13.5. The molecule has 0 aromatic rings. The zero-order valence-electron chi connectivity index (χ0n) is 5.18. The highest BCUT2D eigenvalue weighted by Gasteiger charge is 2.47. The van der Waals surface area contributed by atoms with Crippen LogP contribution in [0.2, 0.25) is 0 Å². The fourth-order valence-electron chi connectivity index (χ4n) is 0.126. The monoisotopic (exact) mass is 195 g/mol. The van der Waals surface area contributed by atoms with Crippen LogP contribution in [-0.4, -0.2) is 21.0 Å². The van der Waals surface area contributed by atoms with Gasteiger partial charge in [0.05, 0.1) is 7.11 Å². The summed E-state index contributed by atoms with van der Waals surface area (Å²) in [7, 11) is -4.70. The highest BCUT2D eigenvalue weighted by atomic mass is 32.2. The Morgan fingerprint density at radius 1 is 1.36 bits per heavy atom. The molecule has 0 aliphatic rings. The molecule has 0 aliphatic carbocycles. The maximum absolute atomic E-state index is 11.3. The Hall–Kier alpha value is -0.380. The van der Waals surface area contributed by atoms with Crippen molar-refractivity contribution in [3.63, 3.8) is 0 Å². The smallest absolute Gasteiger partial charge is 0.279 e. The molecule has 1 N–H and O–H groups in total. The fraction of sp³-hybridized carbons (Fsp3) is 1.00. The topological polar surface area (TPSA) is 64.6 Å². The number of rotatable bonds is 3. The van der Waals surface area contributed by atoms with Crippen LogP contribution in [-0.2, 0) is 19.2 Å². The Balaban J connectivity index is 4.26. The molecule has 0 heterocycles. The highest BCUT2D eigenvalue weighted by Crippen LogP contribution is 2.23. The van der Waals surface area contributed by atoms with Gasteiger partial charge in [-0.25, -0.2) is 0 Å². The second-order valence-electron chi connectivity index (χ2n) is 1.27. The first-order valence-corrected chi connectivity index (χ1v) is 3.50. The lowest BCUT2D eigenvalue weighted by atomic mass is 11.6. The summed E-state index contributed by atoms with van der Waals surface area (Å²) in [6.07, 6.45) is 0. The van der Waals surface area contributed by atoms with Crippen LogP contribution in [0.1, 0.15) is 0 Å². The molecule has 0 aliphatic heterocycles. The maximum Gasteiger partial charge on any atom is 0.524 e. The van der Waals surface area contributed by atoms with E-state index in [0.717, 1.165) is 12.8 Å². The third-order valence-corrected chi connectivity index (χ3v) is 1.36. The standard InChI is InChI=1S/C2H4F3NO4S/c1-9-6-10-11(7,8)2(3,4)5/h6H,1H3. The third-order valence-electron chi connectivity index (χ3n) is 0.511. The maximum atomic E-state index is 11.3. The van der Waals surface area contributed by atoms with Crippen molar-refractivity contribution in [2.45, 2.75) is 5.51 Å². The molecule has 0 radical (unpaired) electrons. The molecule has 0 fully saturated rings. The van der Waals surface area contributed by atoms with Crippen molar-refractivity contribution in [1.29, 1.82) is 0 Å². The molecule has 0 amide bonds.